The van der Waals surface area contributed by atoms with Crippen LogP contribution in [0.15, 0.2) is 42.5 Å². The monoisotopic (exact) mass is 398 g/mol. The van der Waals surface area contributed by atoms with Crippen molar-refractivity contribution in [3.8, 4) is 12.1 Å². The van der Waals surface area contributed by atoms with Crippen LogP contribution in [0, 0.1) is 35.4 Å². The number of anilines is 4. The molecule has 7 heteroatoms. The Labute approximate surface area is 174 Å². The highest BCUT2D eigenvalue weighted by atomic mass is 19.1. The maximum Gasteiger partial charge on any atom is 0.229 e. The van der Waals surface area contributed by atoms with Crippen LogP contribution in [0.25, 0.3) is 0 Å². The fourth-order valence-corrected chi connectivity index (χ4v) is 3.60. The van der Waals surface area contributed by atoms with E-state index in [2.05, 4.69) is 27.4 Å². The normalized spacial score (nSPS) is 12.2. The second-order valence-electron chi connectivity index (χ2n) is 7.09. The van der Waals surface area contributed by atoms with E-state index >= 15 is 0 Å². The maximum atomic E-state index is 14.8. The molecular formula is C23H19FN6. The van der Waals surface area contributed by atoms with Gasteiger partial charge in [0.25, 0.3) is 0 Å². The molecule has 0 aliphatic carbocycles. The molecule has 30 heavy (non-hydrogen) atoms. The van der Waals surface area contributed by atoms with Crippen molar-refractivity contribution in [1.82, 2.24) is 9.97 Å². The Morgan fingerprint density at radius 1 is 1.13 bits per heavy atom. The quantitative estimate of drug-likeness (QED) is 0.671. The highest BCUT2D eigenvalue weighted by molar-refractivity contribution is 5.69. The zero-order valence-corrected chi connectivity index (χ0v) is 16.5. The molecule has 0 amide bonds. The summed E-state index contributed by atoms with van der Waals surface area (Å²) in [6.45, 7) is 2.55. The fraction of sp³-hybridized carbons (Fsp3) is 0.217. The summed E-state index contributed by atoms with van der Waals surface area (Å²) < 4.78 is 14.8. The van der Waals surface area contributed by atoms with Gasteiger partial charge in [0.05, 0.1) is 23.4 Å². The number of halogens is 1. The van der Waals surface area contributed by atoms with Gasteiger partial charge < -0.3 is 10.2 Å². The van der Waals surface area contributed by atoms with E-state index < -0.39 is 0 Å². The number of nitriles is 2. The molecule has 6 nitrogen and oxygen atoms in total. The number of benzene rings is 2. The van der Waals surface area contributed by atoms with Gasteiger partial charge in [-0.15, -0.1) is 0 Å². The van der Waals surface area contributed by atoms with Crippen LogP contribution < -0.4 is 10.2 Å². The van der Waals surface area contributed by atoms with Crippen LogP contribution in [0.2, 0.25) is 0 Å². The summed E-state index contributed by atoms with van der Waals surface area (Å²) in [6, 6.07) is 16.3. The number of aromatic nitrogens is 2. The van der Waals surface area contributed by atoms with Gasteiger partial charge in [0.15, 0.2) is 0 Å². The molecular weight excluding hydrogens is 379 g/mol. The Bertz CT molecular complexity index is 1170. The molecule has 148 valence electrons. The first kappa shape index (κ1) is 19.4. The second-order valence-corrected chi connectivity index (χ2v) is 7.09. The van der Waals surface area contributed by atoms with Crippen molar-refractivity contribution >= 4 is 23.1 Å². The van der Waals surface area contributed by atoms with E-state index in [1.54, 1.807) is 30.3 Å². The number of fused-ring (bicyclic) bond motifs is 1. The summed E-state index contributed by atoms with van der Waals surface area (Å²) in [5.41, 5.74) is 4.48. The first-order valence-electron chi connectivity index (χ1n) is 9.66. The molecule has 1 aliphatic heterocycles. The molecule has 0 fully saturated rings. The SMILES string of the molecule is Cc1nc(Nc2ccc(C#N)cc2)nc2c1CCN2c1ccc(CCC#N)cc1F. The molecule has 0 unspecified atom stereocenters. The molecule has 0 spiro atoms. The minimum atomic E-state index is -0.323. The number of nitrogens with zero attached hydrogens (tertiary/aromatic N) is 5. The third kappa shape index (κ3) is 3.78. The zero-order chi connectivity index (χ0) is 21.1. The molecule has 1 aromatic heterocycles. The second kappa shape index (κ2) is 8.18. The molecule has 3 aromatic rings. The Kier molecular flexibility index (Phi) is 5.28. The first-order valence-corrected chi connectivity index (χ1v) is 9.66. The van der Waals surface area contributed by atoms with Gasteiger partial charge in [-0.1, -0.05) is 6.07 Å². The van der Waals surface area contributed by atoms with E-state index in [-0.39, 0.29) is 5.82 Å². The van der Waals surface area contributed by atoms with Gasteiger partial charge in [-0.05, 0) is 61.7 Å². The van der Waals surface area contributed by atoms with Crippen molar-refractivity contribution in [3.05, 3.63) is 70.7 Å². The van der Waals surface area contributed by atoms with E-state index in [0.717, 1.165) is 28.9 Å². The highest BCUT2D eigenvalue weighted by Crippen LogP contribution is 2.36. The zero-order valence-electron chi connectivity index (χ0n) is 16.5. The summed E-state index contributed by atoms with van der Waals surface area (Å²) in [7, 11) is 0. The fourth-order valence-electron chi connectivity index (χ4n) is 3.60. The number of aryl methyl sites for hydroxylation is 2. The number of rotatable bonds is 5. The summed E-state index contributed by atoms with van der Waals surface area (Å²) in [6.07, 6.45) is 1.64. The van der Waals surface area contributed by atoms with Crippen LogP contribution in [0.1, 0.15) is 28.8 Å². The molecule has 2 aromatic carbocycles. The van der Waals surface area contributed by atoms with Gasteiger partial charge in [0.2, 0.25) is 5.95 Å². The molecule has 2 heterocycles. The molecule has 0 saturated heterocycles. The Balaban J connectivity index is 1.63. The van der Waals surface area contributed by atoms with Gasteiger partial charge in [-0.25, -0.2) is 9.37 Å². The van der Waals surface area contributed by atoms with Gasteiger partial charge in [-0.2, -0.15) is 15.5 Å². The average molecular weight is 398 g/mol. The molecule has 4 rings (SSSR count). The maximum absolute atomic E-state index is 14.8. The smallest absolute Gasteiger partial charge is 0.229 e. The minimum absolute atomic E-state index is 0.323. The average Bonchev–Trinajstić information content (AvgIpc) is 3.17. The molecule has 1 aliphatic rings. The lowest BCUT2D eigenvalue weighted by atomic mass is 10.1. The third-order valence-electron chi connectivity index (χ3n) is 5.13. The summed E-state index contributed by atoms with van der Waals surface area (Å²) in [4.78, 5) is 11.1. The Hall–Kier alpha value is -3.97. The van der Waals surface area contributed by atoms with Crippen molar-refractivity contribution in [2.24, 2.45) is 0 Å². The van der Waals surface area contributed by atoms with Crippen molar-refractivity contribution in [2.45, 2.75) is 26.2 Å². The van der Waals surface area contributed by atoms with Gasteiger partial charge in [-0.3, -0.25) is 0 Å². The lowest BCUT2D eigenvalue weighted by molar-refractivity contribution is 0.623. The Morgan fingerprint density at radius 2 is 1.93 bits per heavy atom. The number of nitrogens with one attached hydrogen (secondary N) is 1. The van der Waals surface area contributed by atoms with Crippen LogP contribution in [-0.2, 0) is 12.8 Å². The number of hydrogen-bond donors (Lipinski definition) is 1. The van der Waals surface area contributed by atoms with E-state index in [0.29, 0.717) is 42.4 Å². The molecule has 0 saturated carbocycles. The molecule has 0 bridgehead atoms. The summed E-state index contributed by atoms with van der Waals surface area (Å²) in [5.74, 6) is 0.799. The van der Waals surface area contributed by atoms with E-state index in [1.165, 1.54) is 6.07 Å². The first-order chi connectivity index (χ1) is 14.6. The van der Waals surface area contributed by atoms with Crippen LogP contribution in [-0.4, -0.2) is 16.5 Å². The standard InChI is InChI=1S/C23H19FN6/c1-15-19-10-12-30(21-9-6-16(3-2-11-25)13-20(21)24)22(19)29-23(27-15)28-18-7-4-17(14-26)5-8-18/h4-9,13H,2-3,10,12H2,1H3,(H,27,28,29). The lowest BCUT2D eigenvalue weighted by Gasteiger charge is -2.20. The van der Waals surface area contributed by atoms with Crippen molar-refractivity contribution < 1.29 is 4.39 Å². The van der Waals surface area contributed by atoms with E-state index in [4.69, 9.17) is 10.5 Å². The lowest BCUT2D eigenvalue weighted by Crippen LogP contribution is -2.16. The Morgan fingerprint density at radius 3 is 2.63 bits per heavy atom. The van der Waals surface area contributed by atoms with Crippen LogP contribution in [0.3, 0.4) is 0 Å². The largest absolute Gasteiger partial charge is 0.324 e. The number of hydrogen-bond acceptors (Lipinski definition) is 6. The third-order valence-corrected chi connectivity index (χ3v) is 5.13. The molecule has 0 radical (unpaired) electrons. The van der Waals surface area contributed by atoms with Crippen LogP contribution in [0.4, 0.5) is 27.5 Å². The van der Waals surface area contributed by atoms with Crippen molar-refractivity contribution in [2.75, 3.05) is 16.8 Å². The van der Waals surface area contributed by atoms with Gasteiger partial charge >= 0.3 is 0 Å². The van der Waals surface area contributed by atoms with Crippen LogP contribution >= 0.6 is 0 Å². The predicted molar refractivity (Wildman–Crippen MR) is 112 cm³/mol. The highest BCUT2D eigenvalue weighted by Gasteiger charge is 2.27. The topological polar surface area (TPSA) is 88.6 Å². The van der Waals surface area contributed by atoms with Crippen molar-refractivity contribution in [1.29, 1.82) is 10.5 Å². The molecule has 1 N–H and O–H groups in total. The van der Waals surface area contributed by atoms with Gasteiger partial charge in [0.1, 0.15) is 11.6 Å². The van der Waals surface area contributed by atoms with Crippen LogP contribution in [0.5, 0.6) is 0 Å². The van der Waals surface area contributed by atoms with Crippen molar-refractivity contribution in [3.63, 3.8) is 0 Å². The minimum Gasteiger partial charge on any atom is -0.324 e. The predicted octanol–water partition coefficient (Wildman–Crippen LogP) is 4.69. The van der Waals surface area contributed by atoms with Gasteiger partial charge in [0, 0.05) is 29.9 Å². The van der Waals surface area contributed by atoms with E-state index in [9.17, 15) is 4.39 Å². The summed E-state index contributed by atoms with van der Waals surface area (Å²) in [5, 5.41) is 20.8. The summed E-state index contributed by atoms with van der Waals surface area (Å²) >= 11 is 0. The van der Waals surface area contributed by atoms with E-state index in [1.807, 2.05) is 17.9 Å². The molecule has 0 atom stereocenters.